The molecule has 108 valence electrons. The number of methoxy groups -OCH3 is 1. The molecule has 1 unspecified atom stereocenters. The maximum Gasteiger partial charge on any atom is 0.247 e. The first-order valence-corrected chi connectivity index (χ1v) is 6.78. The second-order valence-electron chi connectivity index (χ2n) is 4.82. The number of rotatable bonds is 4. The van der Waals surface area contributed by atoms with Crippen molar-refractivity contribution in [3.8, 4) is 5.88 Å². The van der Waals surface area contributed by atoms with Gasteiger partial charge in [-0.15, -0.1) is 0 Å². The average molecular weight is 284 g/mol. The Morgan fingerprint density at radius 2 is 2.05 bits per heavy atom. The van der Waals surface area contributed by atoms with Crippen LogP contribution in [0.4, 0.5) is 11.5 Å². The van der Waals surface area contributed by atoms with Gasteiger partial charge in [0.05, 0.1) is 7.11 Å². The number of fused-ring (bicyclic) bond motifs is 1. The normalized spacial score (nSPS) is 16.6. The molecule has 0 fully saturated rings. The average Bonchev–Trinajstić information content (AvgIpc) is 2.53. The van der Waals surface area contributed by atoms with Crippen molar-refractivity contribution in [2.45, 2.75) is 18.9 Å². The van der Waals surface area contributed by atoms with E-state index in [1.54, 1.807) is 0 Å². The molecular formula is C15H16N4O2. The largest absolute Gasteiger partial charge is 0.479 e. The number of nitrogens with one attached hydrogen (secondary N) is 2. The van der Waals surface area contributed by atoms with Gasteiger partial charge in [0.1, 0.15) is 18.1 Å². The molecule has 0 saturated heterocycles. The lowest BCUT2D eigenvalue weighted by Gasteiger charge is -2.26. The number of amides is 1. The van der Waals surface area contributed by atoms with Crippen LogP contribution in [0, 0.1) is 0 Å². The summed E-state index contributed by atoms with van der Waals surface area (Å²) in [7, 11) is 1.51. The fourth-order valence-corrected chi connectivity index (χ4v) is 2.35. The fourth-order valence-electron chi connectivity index (χ4n) is 2.35. The summed E-state index contributed by atoms with van der Waals surface area (Å²) in [6, 6.07) is 9.78. The highest BCUT2D eigenvalue weighted by Crippen LogP contribution is 2.32. The van der Waals surface area contributed by atoms with Gasteiger partial charge in [0.15, 0.2) is 5.82 Å². The number of carbonyl (C=O) groups excluding carboxylic acids is 1. The van der Waals surface area contributed by atoms with Crippen LogP contribution in [0.25, 0.3) is 0 Å². The molecule has 6 nitrogen and oxygen atoms in total. The number of hydrogen-bond acceptors (Lipinski definition) is 5. The summed E-state index contributed by atoms with van der Waals surface area (Å²) in [6.07, 6.45) is 2.93. The molecule has 0 saturated carbocycles. The van der Waals surface area contributed by atoms with Crippen LogP contribution in [-0.2, 0) is 11.2 Å². The van der Waals surface area contributed by atoms with Gasteiger partial charge >= 0.3 is 0 Å². The van der Waals surface area contributed by atoms with E-state index in [1.165, 1.54) is 19.0 Å². The molecule has 21 heavy (non-hydrogen) atoms. The number of nitrogens with zero attached hydrogens (tertiary/aromatic N) is 2. The van der Waals surface area contributed by atoms with E-state index in [-0.39, 0.29) is 11.9 Å². The van der Waals surface area contributed by atoms with Crippen LogP contribution >= 0.6 is 0 Å². The highest BCUT2D eigenvalue weighted by Gasteiger charge is 2.28. The Kier molecular flexibility index (Phi) is 3.68. The quantitative estimate of drug-likeness (QED) is 0.896. The van der Waals surface area contributed by atoms with Crippen LogP contribution in [0.3, 0.4) is 0 Å². The highest BCUT2D eigenvalue weighted by molar-refractivity contribution is 6.03. The predicted molar refractivity (Wildman–Crippen MR) is 79.4 cm³/mol. The molecule has 0 aliphatic carbocycles. The third-order valence-electron chi connectivity index (χ3n) is 3.45. The molecule has 1 aromatic carbocycles. The van der Waals surface area contributed by atoms with Crippen molar-refractivity contribution in [2.75, 3.05) is 17.7 Å². The standard InChI is InChI=1S/C15H16N4O2/c1-21-15-12-13(16-9-17-15)18-11(14(20)19-12)8-7-10-5-3-2-4-6-10/h2-6,9,11H,7-8H2,1H3,(H,19,20)(H,16,17,18). The van der Waals surface area contributed by atoms with Gasteiger partial charge in [-0.1, -0.05) is 30.3 Å². The van der Waals surface area contributed by atoms with Crippen LogP contribution in [-0.4, -0.2) is 29.0 Å². The van der Waals surface area contributed by atoms with Crippen molar-refractivity contribution >= 4 is 17.4 Å². The minimum Gasteiger partial charge on any atom is -0.479 e. The third kappa shape index (κ3) is 2.79. The van der Waals surface area contributed by atoms with Crippen molar-refractivity contribution < 1.29 is 9.53 Å². The molecule has 2 aromatic rings. The van der Waals surface area contributed by atoms with Gasteiger partial charge in [-0.25, -0.2) is 4.98 Å². The molecule has 1 aliphatic heterocycles. The van der Waals surface area contributed by atoms with Gasteiger partial charge in [-0.05, 0) is 18.4 Å². The van der Waals surface area contributed by atoms with Crippen molar-refractivity contribution in [1.29, 1.82) is 0 Å². The van der Waals surface area contributed by atoms with E-state index in [4.69, 9.17) is 4.74 Å². The number of aromatic nitrogens is 2. The zero-order valence-electron chi connectivity index (χ0n) is 11.7. The highest BCUT2D eigenvalue weighted by atomic mass is 16.5. The molecular weight excluding hydrogens is 268 g/mol. The lowest BCUT2D eigenvalue weighted by molar-refractivity contribution is -0.117. The van der Waals surface area contributed by atoms with Gasteiger partial charge in [-0.3, -0.25) is 4.79 Å². The lowest BCUT2D eigenvalue weighted by Crippen LogP contribution is -2.39. The summed E-state index contributed by atoms with van der Waals surface area (Å²) >= 11 is 0. The Hall–Kier alpha value is -2.63. The molecule has 2 heterocycles. The zero-order valence-corrected chi connectivity index (χ0v) is 11.7. The van der Waals surface area contributed by atoms with E-state index in [0.29, 0.717) is 23.8 Å². The molecule has 1 aliphatic rings. The summed E-state index contributed by atoms with van der Waals surface area (Å²) < 4.78 is 5.12. The molecule has 2 N–H and O–H groups in total. The minimum absolute atomic E-state index is 0.0912. The molecule has 1 amide bonds. The van der Waals surface area contributed by atoms with E-state index in [0.717, 1.165) is 6.42 Å². The minimum atomic E-state index is -0.308. The summed E-state index contributed by atoms with van der Waals surface area (Å²) in [6.45, 7) is 0. The molecule has 0 radical (unpaired) electrons. The van der Waals surface area contributed by atoms with Crippen LogP contribution in [0.15, 0.2) is 36.7 Å². The summed E-state index contributed by atoms with van der Waals surface area (Å²) in [5.74, 6) is 0.869. The van der Waals surface area contributed by atoms with Gasteiger partial charge < -0.3 is 15.4 Å². The lowest BCUT2D eigenvalue weighted by atomic mass is 10.0. The smallest absolute Gasteiger partial charge is 0.247 e. The Morgan fingerprint density at radius 1 is 1.24 bits per heavy atom. The van der Waals surface area contributed by atoms with E-state index >= 15 is 0 Å². The van der Waals surface area contributed by atoms with E-state index in [1.807, 2.05) is 18.2 Å². The Morgan fingerprint density at radius 3 is 2.81 bits per heavy atom. The Labute approximate surface area is 122 Å². The first-order chi connectivity index (χ1) is 10.3. The molecule has 0 bridgehead atoms. The first-order valence-electron chi connectivity index (χ1n) is 6.78. The number of aryl methyl sites for hydroxylation is 1. The van der Waals surface area contributed by atoms with Crippen molar-refractivity contribution in [1.82, 2.24) is 9.97 Å². The van der Waals surface area contributed by atoms with Gasteiger partial charge in [0.25, 0.3) is 0 Å². The van der Waals surface area contributed by atoms with E-state index in [9.17, 15) is 4.79 Å². The van der Waals surface area contributed by atoms with Crippen LogP contribution in [0.2, 0.25) is 0 Å². The third-order valence-corrected chi connectivity index (χ3v) is 3.45. The number of hydrogen-bond donors (Lipinski definition) is 2. The maximum absolute atomic E-state index is 12.2. The molecule has 1 atom stereocenters. The van der Waals surface area contributed by atoms with Crippen LogP contribution < -0.4 is 15.4 Å². The van der Waals surface area contributed by atoms with Gasteiger partial charge in [-0.2, -0.15) is 4.98 Å². The first kappa shape index (κ1) is 13.4. The van der Waals surface area contributed by atoms with Crippen LogP contribution in [0.1, 0.15) is 12.0 Å². The predicted octanol–water partition coefficient (Wildman–Crippen LogP) is 1.85. The van der Waals surface area contributed by atoms with Gasteiger partial charge in [0.2, 0.25) is 11.8 Å². The number of anilines is 2. The summed E-state index contributed by atoms with van der Waals surface area (Å²) in [4.78, 5) is 20.3. The topological polar surface area (TPSA) is 76.1 Å². The Bertz CT molecular complexity index is 645. The Balaban J connectivity index is 1.72. The van der Waals surface area contributed by atoms with E-state index in [2.05, 4.69) is 32.7 Å². The number of benzene rings is 1. The van der Waals surface area contributed by atoms with Crippen LogP contribution in [0.5, 0.6) is 5.88 Å². The monoisotopic (exact) mass is 284 g/mol. The van der Waals surface area contributed by atoms with E-state index < -0.39 is 0 Å². The second-order valence-corrected chi connectivity index (χ2v) is 4.82. The molecule has 1 aromatic heterocycles. The molecule has 6 heteroatoms. The molecule has 3 rings (SSSR count). The summed E-state index contributed by atoms with van der Waals surface area (Å²) in [5, 5.41) is 5.96. The molecule has 0 spiro atoms. The van der Waals surface area contributed by atoms with Crippen molar-refractivity contribution in [2.24, 2.45) is 0 Å². The fraction of sp³-hybridized carbons (Fsp3) is 0.267. The maximum atomic E-state index is 12.2. The number of carbonyl (C=O) groups is 1. The zero-order chi connectivity index (χ0) is 14.7. The van der Waals surface area contributed by atoms with Crippen molar-refractivity contribution in [3.63, 3.8) is 0 Å². The number of ether oxygens (including phenoxy) is 1. The second kappa shape index (κ2) is 5.78. The van der Waals surface area contributed by atoms with Crippen molar-refractivity contribution in [3.05, 3.63) is 42.2 Å². The SMILES string of the molecule is COc1ncnc2c1NC(=O)C(CCc1ccccc1)N2. The van der Waals surface area contributed by atoms with Gasteiger partial charge in [0, 0.05) is 0 Å². The summed E-state index contributed by atoms with van der Waals surface area (Å²) in [5.41, 5.74) is 1.71.